The van der Waals surface area contributed by atoms with E-state index in [1.165, 1.54) is 23.9 Å². The van der Waals surface area contributed by atoms with Gasteiger partial charge in [-0.15, -0.1) is 0 Å². The van der Waals surface area contributed by atoms with Gasteiger partial charge in [0.1, 0.15) is 0 Å². The van der Waals surface area contributed by atoms with Crippen LogP contribution in [0, 0.1) is 5.92 Å². The van der Waals surface area contributed by atoms with Gasteiger partial charge >= 0.3 is 11.9 Å². The zero-order chi connectivity index (χ0) is 19.4. The van der Waals surface area contributed by atoms with Crippen molar-refractivity contribution in [3.05, 3.63) is 48.7 Å². The van der Waals surface area contributed by atoms with Gasteiger partial charge in [0.15, 0.2) is 0 Å². The largest absolute Gasteiger partial charge is 0.478 e. The highest BCUT2D eigenvalue weighted by molar-refractivity contribution is 5.89. The van der Waals surface area contributed by atoms with Gasteiger partial charge in [-0.05, 0) is 43.9 Å². The van der Waals surface area contributed by atoms with E-state index in [9.17, 15) is 9.59 Å². The molecule has 0 radical (unpaired) electrons. The first-order valence-electron chi connectivity index (χ1n) is 8.96. The zero-order valence-corrected chi connectivity index (χ0v) is 14.9. The van der Waals surface area contributed by atoms with Crippen molar-refractivity contribution in [1.29, 1.82) is 0 Å². The van der Waals surface area contributed by atoms with Crippen LogP contribution in [0.5, 0.6) is 0 Å². The summed E-state index contributed by atoms with van der Waals surface area (Å²) in [5.74, 6) is -1.61. The van der Waals surface area contributed by atoms with E-state index in [1.54, 1.807) is 0 Å². The average Bonchev–Trinajstić information content (AvgIpc) is 3.31. The fourth-order valence-corrected chi connectivity index (χ4v) is 3.75. The molecule has 0 amide bonds. The number of carboxylic acid groups (broad SMARTS) is 2. The number of pyridine rings is 1. The second-order valence-electron chi connectivity index (χ2n) is 6.83. The molecule has 2 aromatic rings. The number of carbonyl (C=O) groups is 2. The predicted octanol–water partition coefficient (Wildman–Crippen LogP) is 2.26. The van der Waals surface area contributed by atoms with Gasteiger partial charge < -0.3 is 20.8 Å². The van der Waals surface area contributed by atoms with Crippen molar-refractivity contribution in [2.75, 3.05) is 11.4 Å². The van der Waals surface area contributed by atoms with Crippen LogP contribution in [0.4, 0.5) is 5.69 Å². The van der Waals surface area contributed by atoms with Gasteiger partial charge in [0.25, 0.3) is 0 Å². The number of hydrogen-bond acceptors (Lipinski definition) is 5. The number of rotatable bonds is 5. The summed E-state index contributed by atoms with van der Waals surface area (Å²) in [5, 5.41) is 16.9. The fraction of sp³-hybridized carbons (Fsp3) is 0.350. The van der Waals surface area contributed by atoms with Crippen LogP contribution in [0.3, 0.4) is 0 Å². The van der Waals surface area contributed by atoms with Crippen LogP contribution >= 0.6 is 0 Å². The Hall–Kier alpha value is -2.93. The first kappa shape index (κ1) is 18.8. The van der Waals surface area contributed by atoms with Crippen LogP contribution in [0.25, 0.3) is 10.9 Å². The minimum absolute atomic E-state index is 0.558. The Morgan fingerprint density at radius 2 is 1.89 bits per heavy atom. The Balaban J connectivity index is 0.000000226. The molecular formula is C20H23N3O4. The third-order valence-corrected chi connectivity index (χ3v) is 4.95. The summed E-state index contributed by atoms with van der Waals surface area (Å²) in [6, 6.07) is 12.0. The van der Waals surface area contributed by atoms with Crippen molar-refractivity contribution >= 4 is 28.5 Å². The van der Waals surface area contributed by atoms with Crippen LogP contribution in [0.15, 0.2) is 48.7 Å². The molecule has 1 aliphatic carbocycles. The van der Waals surface area contributed by atoms with Crippen LogP contribution < -0.4 is 10.6 Å². The van der Waals surface area contributed by atoms with E-state index < -0.39 is 11.9 Å². The number of benzene rings is 1. The van der Waals surface area contributed by atoms with E-state index in [0.717, 1.165) is 30.4 Å². The predicted molar refractivity (Wildman–Crippen MR) is 103 cm³/mol. The monoisotopic (exact) mass is 369 g/mol. The molecule has 2 fully saturated rings. The normalized spacial score (nSPS) is 23.0. The lowest BCUT2D eigenvalue weighted by atomic mass is 10.1. The van der Waals surface area contributed by atoms with E-state index in [-0.39, 0.29) is 0 Å². The van der Waals surface area contributed by atoms with Gasteiger partial charge in [0, 0.05) is 29.6 Å². The maximum absolute atomic E-state index is 9.55. The number of aromatic nitrogens is 1. The first-order valence-corrected chi connectivity index (χ1v) is 8.96. The third-order valence-electron chi connectivity index (χ3n) is 4.95. The molecule has 7 heteroatoms. The number of piperidine rings is 1. The number of nitrogens with two attached hydrogens (primary N) is 1. The van der Waals surface area contributed by atoms with Crippen molar-refractivity contribution in [2.45, 2.75) is 31.3 Å². The lowest BCUT2D eigenvalue weighted by Crippen LogP contribution is -2.34. The molecule has 4 N–H and O–H groups in total. The number of carboxylic acids is 2. The van der Waals surface area contributed by atoms with Crippen LogP contribution in [-0.4, -0.2) is 45.8 Å². The van der Waals surface area contributed by atoms with E-state index in [1.807, 2.05) is 12.3 Å². The van der Waals surface area contributed by atoms with Gasteiger partial charge in [-0.25, -0.2) is 9.59 Å². The average molecular weight is 369 g/mol. The van der Waals surface area contributed by atoms with Crippen molar-refractivity contribution in [1.82, 2.24) is 4.98 Å². The fourth-order valence-electron chi connectivity index (χ4n) is 3.75. The molecule has 0 spiro atoms. The topological polar surface area (TPSA) is 117 Å². The van der Waals surface area contributed by atoms with E-state index in [0.29, 0.717) is 18.2 Å². The van der Waals surface area contributed by atoms with Crippen molar-refractivity contribution in [2.24, 2.45) is 11.7 Å². The Morgan fingerprint density at radius 3 is 2.56 bits per heavy atom. The highest BCUT2D eigenvalue weighted by atomic mass is 16.4. The van der Waals surface area contributed by atoms with Crippen LogP contribution in [0.1, 0.15) is 19.3 Å². The zero-order valence-electron chi connectivity index (χ0n) is 14.9. The lowest BCUT2D eigenvalue weighted by Gasteiger charge is -2.29. The second-order valence-corrected chi connectivity index (χ2v) is 6.83. The number of para-hydroxylation sites is 1. The lowest BCUT2D eigenvalue weighted by molar-refractivity contribution is -0.134. The van der Waals surface area contributed by atoms with Crippen molar-refractivity contribution in [3.8, 4) is 0 Å². The molecule has 4 rings (SSSR count). The van der Waals surface area contributed by atoms with Gasteiger partial charge in [-0.3, -0.25) is 4.98 Å². The minimum atomic E-state index is -1.26. The van der Waals surface area contributed by atoms with Gasteiger partial charge in [0.05, 0.1) is 17.4 Å². The van der Waals surface area contributed by atoms with Gasteiger partial charge in [-0.2, -0.15) is 0 Å². The van der Waals surface area contributed by atoms with Gasteiger partial charge in [0.2, 0.25) is 0 Å². The highest BCUT2D eigenvalue weighted by Crippen LogP contribution is 2.50. The number of hydrogen-bond donors (Lipinski definition) is 3. The Bertz CT molecular complexity index is 851. The number of fused-ring (bicyclic) bond motifs is 2. The summed E-state index contributed by atoms with van der Waals surface area (Å²) < 4.78 is 0. The maximum Gasteiger partial charge on any atom is 0.328 e. The van der Waals surface area contributed by atoms with E-state index >= 15 is 0 Å². The smallest absolute Gasteiger partial charge is 0.328 e. The number of aliphatic carboxylic acids is 2. The molecule has 3 atom stereocenters. The highest BCUT2D eigenvalue weighted by Gasteiger charge is 2.51. The molecule has 2 aliphatic rings. The number of nitrogens with zero attached hydrogens (tertiary/aromatic N) is 2. The van der Waals surface area contributed by atoms with E-state index in [2.05, 4.69) is 34.1 Å². The Morgan fingerprint density at radius 1 is 1.19 bits per heavy atom. The summed E-state index contributed by atoms with van der Waals surface area (Å²) in [7, 11) is 0. The molecule has 3 unspecified atom stereocenters. The van der Waals surface area contributed by atoms with Crippen molar-refractivity contribution in [3.63, 3.8) is 0 Å². The van der Waals surface area contributed by atoms with E-state index in [4.69, 9.17) is 15.9 Å². The summed E-state index contributed by atoms with van der Waals surface area (Å²) >= 11 is 0. The Labute approximate surface area is 157 Å². The molecular weight excluding hydrogens is 346 g/mol. The summed E-state index contributed by atoms with van der Waals surface area (Å²) in [4.78, 5) is 26.3. The molecule has 0 bridgehead atoms. The second kappa shape index (κ2) is 8.18. The van der Waals surface area contributed by atoms with Gasteiger partial charge in [-0.1, -0.05) is 18.2 Å². The molecule has 2 heterocycles. The quantitative estimate of drug-likeness (QED) is 0.692. The molecule has 27 heavy (non-hydrogen) atoms. The molecule has 1 aromatic heterocycles. The number of anilines is 1. The Kier molecular flexibility index (Phi) is 5.71. The molecule has 1 saturated heterocycles. The minimum Gasteiger partial charge on any atom is -0.478 e. The summed E-state index contributed by atoms with van der Waals surface area (Å²) in [5.41, 5.74) is 8.11. The SMILES string of the molecule is NCCC1CC2CC2N1c1cnc2ccccc2c1.O=C(O)C=CC(=O)O. The third kappa shape index (κ3) is 4.62. The molecule has 7 nitrogen and oxygen atoms in total. The molecule has 1 aliphatic heterocycles. The summed E-state index contributed by atoms with van der Waals surface area (Å²) in [6.45, 7) is 0.779. The standard InChI is InChI=1S/C16H19N3.C4H4O4/c17-6-5-13-8-12-9-16(12)19(13)14-7-11-3-1-2-4-15(11)18-10-14;5-3(6)1-2-4(7)8/h1-4,7,10,12-13,16H,5-6,8-9,17H2;1-2H,(H,5,6)(H,7,8). The first-order chi connectivity index (χ1) is 13.0. The van der Waals surface area contributed by atoms with Crippen molar-refractivity contribution < 1.29 is 19.8 Å². The van der Waals surface area contributed by atoms with Crippen LogP contribution in [-0.2, 0) is 9.59 Å². The van der Waals surface area contributed by atoms with Crippen LogP contribution in [0.2, 0.25) is 0 Å². The molecule has 1 saturated carbocycles. The maximum atomic E-state index is 9.55. The summed E-state index contributed by atoms with van der Waals surface area (Å²) in [6.07, 6.45) is 6.92. The molecule has 142 valence electrons. The molecule has 1 aromatic carbocycles.